The lowest BCUT2D eigenvalue weighted by molar-refractivity contribution is 0.0848. The largest absolute Gasteiger partial charge is 0.444 e. The number of carbonyl (C=O) groups is 4. The molecule has 0 bridgehead atoms. The fraction of sp³-hybridized carbons (Fsp3) is 0.171. The minimum atomic E-state index is -0.513. The minimum absolute atomic E-state index is 0.0854. The van der Waals surface area contributed by atoms with Gasteiger partial charge in [-0.1, -0.05) is 109 Å². The lowest BCUT2D eigenvalue weighted by Gasteiger charge is -2.26. The molecule has 0 saturated carbocycles. The molecule has 6 aromatic rings. The third kappa shape index (κ3) is 10.5. The Labute approximate surface area is 315 Å². The van der Waals surface area contributed by atoms with E-state index in [0.717, 1.165) is 20.9 Å². The van der Waals surface area contributed by atoms with Crippen molar-refractivity contribution in [2.75, 3.05) is 13.1 Å². The van der Waals surface area contributed by atoms with Crippen molar-refractivity contribution in [3.63, 3.8) is 0 Å². The molecule has 2 amide bonds. The number of benzene rings is 4. The molecule has 0 fully saturated rings. The fourth-order valence-electron chi connectivity index (χ4n) is 5.47. The highest BCUT2D eigenvalue weighted by Gasteiger charge is 2.21. The Bertz CT molecular complexity index is 1920. The third-order valence-electron chi connectivity index (χ3n) is 8.27. The van der Waals surface area contributed by atoms with Crippen LogP contribution in [0.2, 0.25) is 0 Å². The van der Waals surface area contributed by atoms with E-state index in [0.29, 0.717) is 28.7 Å². The van der Waals surface area contributed by atoms with E-state index in [4.69, 9.17) is 9.47 Å². The quantitative estimate of drug-likeness (QED) is 0.0907. The van der Waals surface area contributed by atoms with Gasteiger partial charge in [0, 0.05) is 60.8 Å². The second-order valence-corrected chi connectivity index (χ2v) is 14.0. The number of carbonyl (C=O) groups excluding carboxylic acids is 4. The number of ether oxygens (including phenoxy) is 2. The molecule has 0 aliphatic carbocycles. The van der Waals surface area contributed by atoms with E-state index < -0.39 is 12.2 Å². The summed E-state index contributed by atoms with van der Waals surface area (Å²) in [4.78, 5) is 65.6. The number of thiazole rings is 2. The van der Waals surface area contributed by atoms with Gasteiger partial charge in [-0.25, -0.2) is 9.59 Å². The number of rotatable bonds is 16. The Kier molecular flexibility index (Phi) is 12.8. The normalized spacial score (nSPS) is 10.7. The summed E-state index contributed by atoms with van der Waals surface area (Å²) in [7, 11) is 0. The molecule has 0 unspecified atom stereocenters. The lowest BCUT2D eigenvalue weighted by atomic mass is 10.0. The van der Waals surface area contributed by atoms with Crippen molar-refractivity contribution in [3.05, 3.63) is 176 Å². The highest BCUT2D eigenvalue weighted by Crippen LogP contribution is 2.18. The van der Waals surface area contributed by atoms with Crippen molar-refractivity contribution in [1.82, 2.24) is 19.8 Å². The molecule has 0 radical (unpaired) electrons. The predicted molar refractivity (Wildman–Crippen MR) is 203 cm³/mol. The van der Waals surface area contributed by atoms with Crippen LogP contribution >= 0.6 is 22.7 Å². The van der Waals surface area contributed by atoms with Gasteiger partial charge in [0.1, 0.15) is 13.2 Å². The Morgan fingerprint density at radius 2 is 0.887 bits per heavy atom. The average Bonchev–Trinajstić information content (AvgIpc) is 3.94. The molecule has 10 nitrogen and oxygen atoms in total. The smallest absolute Gasteiger partial charge is 0.410 e. The van der Waals surface area contributed by atoms with Gasteiger partial charge in [0.2, 0.25) is 0 Å². The van der Waals surface area contributed by atoms with Gasteiger partial charge < -0.3 is 19.3 Å². The van der Waals surface area contributed by atoms with Crippen LogP contribution in [0.25, 0.3) is 0 Å². The first-order chi connectivity index (χ1) is 25.9. The molecule has 268 valence electrons. The standard InChI is InChI=1S/C41H36N4O6S2/c46-38(32-8-3-1-4-9-32)34-16-12-30(13-17-34)24-44(40(48)50-26-36-22-42-28-52-36)20-7-21-45(41(49)51-27-37-23-43-29-53-37)25-31-14-18-35(19-15-31)39(47)33-10-5-2-6-11-33/h1-6,8-19,22-23,28-29H,7,20-21,24-27H2. The molecule has 12 heteroatoms. The van der Waals surface area contributed by atoms with Gasteiger partial charge in [0.05, 0.1) is 20.8 Å². The van der Waals surface area contributed by atoms with Crippen LogP contribution in [-0.4, -0.2) is 56.6 Å². The summed E-state index contributed by atoms with van der Waals surface area (Å²) in [5, 5.41) is 0. The first kappa shape index (κ1) is 36.8. The Hall–Kier alpha value is -5.98. The summed E-state index contributed by atoms with van der Waals surface area (Å²) in [5.41, 5.74) is 7.27. The topological polar surface area (TPSA) is 119 Å². The summed E-state index contributed by atoms with van der Waals surface area (Å²) in [6.07, 6.45) is 2.71. The van der Waals surface area contributed by atoms with Gasteiger partial charge in [0.15, 0.2) is 11.6 Å². The van der Waals surface area contributed by atoms with Crippen molar-refractivity contribution in [1.29, 1.82) is 0 Å². The Morgan fingerprint density at radius 1 is 0.509 bits per heavy atom. The van der Waals surface area contributed by atoms with Crippen LogP contribution in [0.4, 0.5) is 9.59 Å². The summed E-state index contributed by atoms with van der Waals surface area (Å²) < 4.78 is 11.3. The van der Waals surface area contributed by atoms with Crippen molar-refractivity contribution in [2.45, 2.75) is 32.7 Å². The van der Waals surface area contributed by atoms with Gasteiger partial charge in [-0.05, 0) is 17.5 Å². The van der Waals surface area contributed by atoms with Gasteiger partial charge in [0.25, 0.3) is 0 Å². The molecule has 0 aliphatic heterocycles. The summed E-state index contributed by atoms with van der Waals surface area (Å²) >= 11 is 2.79. The number of ketones is 2. The van der Waals surface area contributed by atoms with Crippen molar-refractivity contribution < 1.29 is 28.7 Å². The van der Waals surface area contributed by atoms with Crippen LogP contribution < -0.4 is 0 Å². The monoisotopic (exact) mass is 744 g/mol. The van der Waals surface area contributed by atoms with Crippen molar-refractivity contribution in [3.8, 4) is 0 Å². The summed E-state index contributed by atoms with van der Waals surface area (Å²) in [6.45, 7) is 1.18. The third-order valence-corrected chi connectivity index (χ3v) is 9.77. The first-order valence-corrected chi connectivity index (χ1v) is 18.6. The van der Waals surface area contributed by atoms with Gasteiger partial charge in [-0.3, -0.25) is 19.6 Å². The molecule has 0 saturated heterocycles. The van der Waals surface area contributed by atoms with Crippen molar-refractivity contribution >= 4 is 46.4 Å². The molecule has 53 heavy (non-hydrogen) atoms. The lowest BCUT2D eigenvalue weighted by Crippen LogP contribution is -2.36. The maximum atomic E-state index is 13.4. The second kappa shape index (κ2) is 18.5. The number of nitrogens with zero attached hydrogens (tertiary/aromatic N) is 4. The molecule has 6 rings (SSSR count). The molecule has 0 atom stereocenters. The highest BCUT2D eigenvalue weighted by atomic mass is 32.1. The summed E-state index contributed by atoms with van der Waals surface area (Å²) in [6, 6.07) is 32.5. The van der Waals surface area contributed by atoms with E-state index in [-0.39, 0.29) is 51.0 Å². The van der Waals surface area contributed by atoms with E-state index in [2.05, 4.69) is 9.97 Å². The second-order valence-electron chi connectivity index (χ2n) is 12.0. The van der Waals surface area contributed by atoms with Crippen LogP contribution in [-0.2, 0) is 35.8 Å². The summed E-state index contributed by atoms with van der Waals surface area (Å²) in [5.74, 6) is -0.171. The van der Waals surface area contributed by atoms with Crippen LogP contribution in [0.1, 0.15) is 59.1 Å². The number of hydrogen-bond acceptors (Lipinski definition) is 10. The Balaban J connectivity index is 1.13. The zero-order chi connectivity index (χ0) is 36.8. The van der Waals surface area contributed by atoms with Gasteiger partial charge in [-0.2, -0.15) is 0 Å². The zero-order valence-corrected chi connectivity index (χ0v) is 30.3. The van der Waals surface area contributed by atoms with Gasteiger partial charge in [-0.15, -0.1) is 22.7 Å². The minimum Gasteiger partial charge on any atom is -0.444 e. The number of aromatic nitrogens is 2. The number of amides is 2. The van der Waals surface area contributed by atoms with Crippen molar-refractivity contribution in [2.24, 2.45) is 0 Å². The zero-order valence-electron chi connectivity index (χ0n) is 28.7. The number of hydrogen-bond donors (Lipinski definition) is 0. The molecule has 0 spiro atoms. The molecule has 2 aromatic heterocycles. The van der Waals surface area contributed by atoms with E-state index in [9.17, 15) is 19.2 Å². The highest BCUT2D eigenvalue weighted by molar-refractivity contribution is 7.09. The van der Waals surface area contributed by atoms with Crippen LogP contribution in [0, 0.1) is 0 Å². The molecule has 0 aliphatic rings. The molecular formula is C41H36N4O6S2. The Morgan fingerprint density at radius 3 is 1.25 bits per heavy atom. The van der Waals surface area contributed by atoms with E-state index in [1.807, 2.05) is 60.7 Å². The van der Waals surface area contributed by atoms with Gasteiger partial charge >= 0.3 is 12.2 Å². The molecule has 2 heterocycles. The van der Waals surface area contributed by atoms with Crippen LogP contribution in [0.15, 0.2) is 133 Å². The van der Waals surface area contributed by atoms with Crippen LogP contribution in [0.3, 0.4) is 0 Å². The fourth-order valence-corrected chi connectivity index (χ4v) is 6.49. The molecular weight excluding hydrogens is 709 g/mol. The SMILES string of the molecule is O=C(c1ccccc1)c1ccc(CN(CCCN(Cc2ccc(C(=O)c3ccccc3)cc2)C(=O)OCc2cncs2)C(=O)OCc2cncs2)cc1. The van der Waals surface area contributed by atoms with E-state index in [1.54, 1.807) is 81.7 Å². The average molecular weight is 745 g/mol. The van der Waals surface area contributed by atoms with E-state index >= 15 is 0 Å². The maximum absolute atomic E-state index is 13.4. The maximum Gasteiger partial charge on any atom is 0.410 e. The van der Waals surface area contributed by atoms with E-state index in [1.165, 1.54) is 22.7 Å². The molecule has 4 aromatic carbocycles. The first-order valence-electron chi connectivity index (χ1n) is 16.9. The molecule has 0 N–H and O–H groups in total. The predicted octanol–water partition coefficient (Wildman–Crippen LogP) is 8.43. The van der Waals surface area contributed by atoms with Crippen LogP contribution in [0.5, 0.6) is 0 Å².